The molecule has 0 heterocycles. The largest absolute Gasteiger partial charge is 0.398 e. The second-order valence-electron chi connectivity index (χ2n) is 3.52. The van der Waals surface area contributed by atoms with Crippen molar-refractivity contribution >= 4 is 27.5 Å². The van der Waals surface area contributed by atoms with E-state index < -0.39 is 0 Å². The van der Waals surface area contributed by atoms with Crippen molar-refractivity contribution in [3.63, 3.8) is 0 Å². The van der Waals surface area contributed by atoms with E-state index in [0.29, 0.717) is 30.8 Å². The number of nitrogens with zero attached hydrogens (tertiary/aromatic N) is 2. The first kappa shape index (κ1) is 13.5. The fourth-order valence-corrected chi connectivity index (χ4v) is 1.83. The Hall–Kier alpha value is -1.54. The fourth-order valence-electron chi connectivity index (χ4n) is 1.47. The number of carbonyl (C=O) groups excluding carboxylic acids is 1. The monoisotopic (exact) mass is 295 g/mol. The fraction of sp³-hybridized carbons (Fsp3) is 0.333. The molecule has 1 rings (SSSR count). The summed E-state index contributed by atoms with van der Waals surface area (Å²) in [5.41, 5.74) is 6.70. The molecule has 1 amide bonds. The third kappa shape index (κ3) is 3.46. The molecule has 0 aliphatic heterocycles. The maximum absolute atomic E-state index is 12.2. The third-order valence-corrected chi connectivity index (χ3v) is 2.90. The molecule has 0 radical (unpaired) electrons. The number of nitrogen functional groups attached to an aromatic ring is 1. The van der Waals surface area contributed by atoms with Crippen LogP contribution in [0.4, 0.5) is 5.69 Å². The summed E-state index contributed by atoms with van der Waals surface area (Å²) in [5.74, 6) is -0.137. The number of hydrogen-bond acceptors (Lipinski definition) is 3. The van der Waals surface area contributed by atoms with E-state index in [1.54, 1.807) is 23.1 Å². The smallest absolute Gasteiger partial charge is 0.256 e. The van der Waals surface area contributed by atoms with Gasteiger partial charge in [0.05, 0.1) is 18.1 Å². The average Bonchev–Trinajstić information content (AvgIpc) is 2.33. The molecule has 0 spiro atoms. The van der Waals surface area contributed by atoms with Crippen molar-refractivity contribution in [1.82, 2.24) is 4.90 Å². The van der Waals surface area contributed by atoms with Gasteiger partial charge in [0.25, 0.3) is 5.91 Å². The quantitative estimate of drug-likeness (QED) is 0.867. The van der Waals surface area contributed by atoms with E-state index in [4.69, 9.17) is 11.0 Å². The standard InChI is InChI=1S/C12H14BrN3O/c1-2-16(7-3-6-14)12(17)10-8-9(13)4-5-11(10)15/h4-5,8H,2-3,7,15H2,1H3. The lowest BCUT2D eigenvalue weighted by Crippen LogP contribution is -2.32. The predicted molar refractivity (Wildman–Crippen MR) is 70.4 cm³/mol. The number of hydrogen-bond donors (Lipinski definition) is 1. The molecule has 0 saturated carbocycles. The molecule has 0 fully saturated rings. The molecule has 0 aliphatic carbocycles. The van der Waals surface area contributed by atoms with Gasteiger partial charge in [-0.15, -0.1) is 0 Å². The van der Waals surface area contributed by atoms with Crippen LogP contribution >= 0.6 is 15.9 Å². The molecular formula is C12H14BrN3O. The van der Waals surface area contributed by atoms with E-state index in [1.165, 1.54) is 0 Å². The van der Waals surface area contributed by atoms with Gasteiger partial charge in [-0.25, -0.2) is 0 Å². The molecule has 4 nitrogen and oxygen atoms in total. The summed E-state index contributed by atoms with van der Waals surface area (Å²) in [4.78, 5) is 13.8. The second-order valence-corrected chi connectivity index (χ2v) is 4.44. The van der Waals surface area contributed by atoms with Crippen LogP contribution in [0.1, 0.15) is 23.7 Å². The molecule has 0 atom stereocenters. The van der Waals surface area contributed by atoms with Crippen molar-refractivity contribution in [2.75, 3.05) is 18.8 Å². The number of carbonyl (C=O) groups is 1. The predicted octanol–water partition coefficient (Wildman–Crippen LogP) is 2.41. The molecule has 1 aromatic rings. The minimum Gasteiger partial charge on any atom is -0.398 e. The Morgan fingerprint density at radius 3 is 2.88 bits per heavy atom. The van der Waals surface area contributed by atoms with Gasteiger partial charge in [0, 0.05) is 23.2 Å². The van der Waals surface area contributed by atoms with Crippen molar-refractivity contribution < 1.29 is 4.79 Å². The Balaban J connectivity index is 2.94. The molecule has 1 aromatic carbocycles. The van der Waals surface area contributed by atoms with Crippen molar-refractivity contribution in [2.45, 2.75) is 13.3 Å². The first-order valence-corrected chi connectivity index (χ1v) is 6.10. The van der Waals surface area contributed by atoms with E-state index in [0.717, 1.165) is 4.47 Å². The third-order valence-electron chi connectivity index (χ3n) is 2.41. The summed E-state index contributed by atoms with van der Waals surface area (Å²) in [6, 6.07) is 7.21. The van der Waals surface area contributed by atoms with Gasteiger partial charge in [-0.3, -0.25) is 4.79 Å². The molecular weight excluding hydrogens is 282 g/mol. The average molecular weight is 296 g/mol. The summed E-state index contributed by atoms with van der Waals surface area (Å²) in [6.45, 7) is 2.87. The summed E-state index contributed by atoms with van der Waals surface area (Å²) in [6.07, 6.45) is 0.327. The van der Waals surface area contributed by atoms with Crippen molar-refractivity contribution in [2.24, 2.45) is 0 Å². The number of amides is 1. The number of nitrogens with two attached hydrogens (primary N) is 1. The molecule has 17 heavy (non-hydrogen) atoms. The van der Waals surface area contributed by atoms with Gasteiger partial charge in [0.2, 0.25) is 0 Å². The Morgan fingerprint density at radius 1 is 1.59 bits per heavy atom. The van der Waals surface area contributed by atoms with Gasteiger partial charge in [-0.05, 0) is 25.1 Å². The van der Waals surface area contributed by atoms with Crippen LogP contribution in [0, 0.1) is 11.3 Å². The Kier molecular flexibility index (Phi) is 4.98. The molecule has 90 valence electrons. The van der Waals surface area contributed by atoms with E-state index in [2.05, 4.69) is 15.9 Å². The highest BCUT2D eigenvalue weighted by Crippen LogP contribution is 2.20. The summed E-state index contributed by atoms with van der Waals surface area (Å²) >= 11 is 3.31. The van der Waals surface area contributed by atoms with Crippen LogP contribution in [0.25, 0.3) is 0 Å². The maximum Gasteiger partial charge on any atom is 0.256 e. The van der Waals surface area contributed by atoms with Crippen molar-refractivity contribution in [3.05, 3.63) is 28.2 Å². The van der Waals surface area contributed by atoms with Gasteiger partial charge in [0.15, 0.2) is 0 Å². The normalized spacial score (nSPS) is 9.71. The van der Waals surface area contributed by atoms with Crippen LogP contribution in [0.2, 0.25) is 0 Å². The summed E-state index contributed by atoms with van der Waals surface area (Å²) < 4.78 is 0.811. The van der Waals surface area contributed by atoms with Crippen LogP contribution in [0.5, 0.6) is 0 Å². The zero-order valence-corrected chi connectivity index (χ0v) is 11.2. The summed E-state index contributed by atoms with van der Waals surface area (Å²) in [5, 5.41) is 8.54. The Bertz CT molecular complexity index is 454. The van der Waals surface area contributed by atoms with Gasteiger partial charge in [0.1, 0.15) is 0 Å². The zero-order valence-electron chi connectivity index (χ0n) is 9.61. The minimum atomic E-state index is -0.137. The number of benzene rings is 1. The van der Waals surface area contributed by atoms with Crippen molar-refractivity contribution in [3.8, 4) is 6.07 Å². The van der Waals surface area contributed by atoms with Gasteiger partial charge >= 0.3 is 0 Å². The first-order chi connectivity index (χ1) is 8.10. The van der Waals surface area contributed by atoms with Crippen LogP contribution in [0.15, 0.2) is 22.7 Å². The van der Waals surface area contributed by atoms with Crippen LogP contribution < -0.4 is 5.73 Å². The van der Waals surface area contributed by atoms with E-state index in [1.807, 2.05) is 13.0 Å². The van der Waals surface area contributed by atoms with Gasteiger partial charge in [-0.2, -0.15) is 5.26 Å². The van der Waals surface area contributed by atoms with E-state index >= 15 is 0 Å². The molecule has 0 unspecified atom stereocenters. The lowest BCUT2D eigenvalue weighted by molar-refractivity contribution is 0.0769. The van der Waals surface area contributed by atoms with Crippen LogP contribution in [-0.2, 0) is 0 Å². The molecule has 0 aliphatic rings. The number of rotatable bonds is 4. The highest BCUT2D eigenvalue weighted by atomic mass is 79.9. The number of nitriles is 1. The van der Waals surface area contributed by atoms with Crippen molar-refractivity contribution in [1.29, 1.82) is 5.26 Å². The molecule has 2 N–H and O–H groups in total. The minimum absolute atomic E-state index is 0.137. The second kappa shape index (κ2) is 6.26. The topological polar surface area (TPSA) is 70.1 Å². The lowest BCUT2D eigenvalue weighted by Gasteiger charge is -2.20. The SMILES string of the molecule is CCN(CCC#N)C(=O)c1cc(Br)ccc1N. The summed E-state index contributed by atoms with van der Waals surface area (Å²) in [7, 11) is 0. The Morgan fingerprint density at radius 2 is 2.29 bits per heavy atom. The van der Waals surface area contributed by atoms with Gasteiger partial charge in [-0.1, -0.05) is 15.9 Å². The number of anilines is 1. The van der Waals surface area contributed by atoms with E-state index in [9.17, 15) is 4.79 Å². The lowest BCUT2D eigenvalue weighted by atomic mass is 10.1. The maximum atomic E-state index is 12.2. The van der Waals surface area contributed by atoms with Crippen LogP contribution in [0.3, 0.4) is 0 Å². The Labute approximate surface area is 109 Å². The zero-order chi connectivity index (χ0) is 12.8. The number of halogens is 1. The van der Waals surface area contributed by atoms with Crippen LogP contribution in [-0.4, -0.2) is 23.9 Å². The van der Waals surface area contributed by atoms with Gasteiger partial charge < -0.3 is 10.6 Å². The highest BCUT2D eigenvalue weighted by Gasteiger charge is 2.16. The molecule has 5 heteroatoms. The molecule has 0 bridgehead atoms. The first-order valence-electron chi connectivity index (χ1n) is 5.31. The highest BCUT2D eigenvalue weighted by molar-refractivity contribution is 9.10. The molecule has 0 aromatic heterocycles. The molecule has 0 saturated heterocycles. The van der Waals surface area contributed by atoms with E-state index in [-0.39, 0.29) is 5.91 Å².